The number of ether oxygens (including phenoxy) is 1. The van der Waals surface area contributed by atoms with E-state index >= 15 is 0 Å². The second-order valence-electron chi connectivity index (χ2n) is 6.71. The van der Waals surface area contributed by atoms with Crippen LogP contribution in [-0.4, -0.2) is 61.0 Å². The highest BCUT2D eigenvalue weighted by molar-refractivity contribution is 7.99. The summed E-state index contributed by atoms with van der Waals surface area (Å²) in [5, 5.41) is 0. The van der Waals surface area contributed by atoms with Crippen LogP contribution in [0.25, 0.3) is 11.1 Å². The first-order valence-electron chi connectivity index (χ1n) is 8.95. The van der Waals surface area contributed by atoms with E-state index in [9.17, 15) is 4.79 Å². The average Bonchev–Trinajstić information content (AvgIpc) is 2.67. The van der Waals surface area contributed by atoms with Crippen molar-refractivity contribution >= 4 is 17.7 Å². The summed E-state index contributed by atoms with van der Waals surface area (Å²) in [6.07, 6.45) is 0. The molecule has 5 heteroatoms. The second-order valence-corrected chi connectivity index (χ2v) is 7.93. The van der Waals surface area contributed by atoms with Crippen molar-refractivity contribution in [2.45, 2.75) is 6.54 Å². The number of rotatable bonds is 6. The normalized spacial score (nSPS) is 14.5. The van der Waals surface area contributed by atoms with Gasteiger partial charge in [-0.15, -0.1) is 0 Å². The van der Waals surface area contributed by atoms with Gasteiger partial charge in [0.1, 0.15) is 5.75 Å². The molecule has 26 heavy (non-hydrogen) atoms. The minimum Gasteiger partial charge on any atom is -0.483 e. The highest BCUT2D eigenvalue weighted by Gasteiger charge is 2.18. The SMILES string of the molecule is CN(C)Cc1cc(-c2ccccc2)ccc1OCC(=O)N1CCSCC1. The third-order valence-corrected chi connectivity index (χ3v) is 5.31. The minimum absolute atomic E-state index is 0.0771. The monoisotopic (exact) mass is 370 g/mol. The van der Waals surface area contributed by atoms with E-state index in [-0.39, 0.29) is 12.5 Å². The van der Waals surface area contributed by atoms with Crippen molar-refractivity contribution in [3.63, 3.8) is 0 Å². The molecule has 0 aromatic heterocycles. The molecule has 2 aromatic carbocycles. The molecular weight excluding hydrogens is 344 g/mol. The van der Waals surface area contributed by atoms with Crippen molar-refractivity contribution in [2.24, 2.45) is 0 Å². The Morgan fingerprint density at radius 2 is 1.81 bits per heavy atom. The summed E-state index contributed by atoms with van der Waals surface area (Å²) in [5.41, 5.74) is 3.44. The van der Waals surface area contributed by atoms with Crippen molar-refractivity contribution in [3.05, 3.63) is 54.1 Å². The minimum atomic E-state index is 0.0771. The molecule has 0 atom stereocenters. The van der Waals surface area contributed by atoms with E-state index < -0.39 is 0 Å². The summed E-state index contributed by atoms with van der Waals surface area (Å²) in [4.78, 5) is 16.4. The number of benzene rings is 2. The second kappa shape index (κ2) is 9.10. The zero-order valence-electron chi connectivity index (χ0n) is 15.5. The number of carbonyl (C=O) groups is 1. The Balaban J connectivity index is 1.74. The van der Waals surface area contributed by atoms with Crippen LogP contribution in [0, 0.1) is 0 Å². The van der Waals surface area contributed by atoms with Crippen LogP contribution in [0.3, 0.4) is 0 Å². The predicted octanol–water partition coefficient (Wildman–Crippen LogP) is 3.37. The maximum atomic E-state index is 12.4. The van der Waals surface area contributed by atoms with Crippen molar-refractivity contribution in [1.29, 1.82) is 0 Å². The molecule has 1 aliphatic heterocycles. The van der Waals surface area contributed by atoms with Crippen LogP contribution >= 0.6 is 11.8 Å². The molecule has 1 aliphatic rings. The van der Waals surface area contributed by atoms with Gasteiger partial charge in [-0.1, -0.05) is 36.4 Å². The number of nitrogens with zero attached hydrogens (tertiary/aromatic N) is 2. The molecule has 4 nitrogen and oxygen atoms in total. The van der Waals surface area contributed by atoms with Crippen LogP contribution in [0.2, 0.25) is 0 Å². The van der Waals surface area contributed by atoms with Gasteiger partial charge in [-0.05, 0) is 37.4 Å². The largest absolute Gasteiger partial charge is 0.483 e. The van der Waals surface area contributed by atoms with E-state index in [2.05, 4.69) is 29.2 Å². The van der Waals surface area contributed by atoms with Gasteiger partial charge in [0.15, 0.2) is 6.61 Å². The molecule has 0 bridgehead atoms. The standard InChI is InChI=1S/C21H26N2O2S/c1-22(2)15-19-14-18(17-6-4-3-5-7-17)8-9-20(19)25-16-21(24)23-10-12-26-13-11-23/h3-9,14H,10-13,15-16H2,1-2H3. The van der Waals surface area contributed by atoms with Gasteiger partial charge in [0.25, 0.3) is 5.91 Å². The fourth-order valence-electron chi connectivity index (χ4n) is 3.04. The molecule has 0 N–H and O–H groups in total. The molecule has 1 fully saturated rings. The lowest BCUT2D eigenvalue weighted by Gasteiger charge is -2.26. The predicted molar refractivity (Wildman–Crippen MR) is 109 cm³/mol. The van der Waals surface area contributed by atoms with Crippen molar-refractivity contribution in [3.8, 4) is 16.9 Å². The van der Waals surface area contributed by atoms with Crippen molar-refractivity contribution in [2.75, 3.05) is 45.3 Å². The van der Waals surface area contributed by atoms with Crippen molar-refractivity contribution < 1.29 is 9.53 Å². The Hall–Kier alpha value is -1.98. The summed E-state index contributed by atoms with van der Waals surface area (Å²) in [6.45, 7) is 2.52. The zero-order valence-corrected chi connectivity index (χ0v) is 16.3. The van der Waals surface area contributed by atoms with Gasteiger partial charge in [0.05, 0.1) is 0 Å². The van der Waals surface area contributed by atoms with E-state index in [4.69, 9.17) is 4.74 Å². The van der Waals surface area contributed by atoms with Crippen LogP contribution in [-0.2, 0) is 11.3 Å². The summed E-state index contributed by atoms with van der Waals surface area (Å²) < 4.78 is 5.92. The summed E-state index contributed by atoms with van der Waals surface area (Å²) in [5.74, 6) is 2.90. The quantitative estimate of drug-likeness (QED) is 0.781. The van der Waals surface area contributed by atoms with Crippen LogP contribution in [0.4, 0.5) is 0 Å². The topological polar surface area (TPSA) is 32.8 Å². The fraction of sp³-hybridized carbons (Fsp3) is 0.381. The van der Waals surface area contributed by atoms with E-state index in [0.29, 0.717) is 0 Å². The van der Waals surface area contributed by atoms with Gasteiger partial charge in [-0.25, -0.2) is 0 Å². The Morgan fingerprint density at radius 1 is 1.08 bits per heavy atom. The lowest BCUT2D eigenvalue weighted by atomic mass is 10.0. The maximum absolute atomic E-state index is 12.4. The highest BCUT2D eigenvalue weighted by Crippen LogP contribution is 2.27. The van der Waals surface area contributed by atoms with Crippen LogP contribution in [0.1, 0.15) is 5.56 Å². The number of hydrogen-bond donors (Lipinski definition) is 0. The summed E-state index contributed by atoms with van der Waals surface area (Å²) in [7, 11) is 4.07. The zero-order chi connectivity index (χ0) is 18.4. The molecule has 1 amide bonds. The molecular formula is C21H26N2O2S. The first-order chi connectivity index (χ1) is 12.6. The van der Waals surface area contributed by atoms with Gasteiger partial charge in [0.2, 0.25) is 0 Å². The molecule has 1 heterocycles. The molecule has 0 aliphatic carbocycles. The van der Waals surface area contributed by atoms with Crippen LogP contribution < -0.4 is 4.74 Å². The lowest BCUT2D eigenvalue weighted by molar-refractivity contribution is -0.133. The maximum Gasteiger partial charge on any atom is 0.260 e. The number of thioether (sulfide) groups is 1. The first kappa shape index (κ1) is 18.8. The van der Waals surface area contributed by atoms with Gasteiger partial charge >= 0.3 is 0 Å². The van der Waals surface area contributed by atoms with Crippen molar-refractivity contribution in [1.82, 2.24) is 9.80 Å². The number of carbonyl (C=O) groups excluding carboxylic acids is 1. The molecule has 0 unspecified atom stereocenters. The van der Waals surface area contributed by atoms with Gasteiger partial charge in [-0.2, -0.15) is 11.8 Å². The van der Waals surface area contributed by atoms with E-state index in [1.54, 1.807) is 0 Å². The average molecular weight is 371 g/mol. The Morgan fingerprint density at radius 3 is 2.50 bits per heavy atom. The molecule has 3 rings (SSSR count). The Bertz CT molecular complexity index is 728. The summed E-state index contributed by atoms with van der Waals surface area (Å²) >= 11 is 1.90. The van der Waals surface area contributed by atoms with Gasteiger partial charge in [0, 0.05) is 36.7 Å². The van der Waals surface area contributed by atoms with Crippen LogP contribution in [0.15, 0.2) is 48.5 Å². The van der Waals surface area contributed by atoms with E-state index in [1.165, 1.54) is 5.56 Å². The first-order valence-corrected chi connectivity index (χ1v) is 10.1. The smallest absolute Gasteiger partial charge is 0.260 e. The van der Waals surface area contributed by atoms with Gasteiger partial charge in [-0.3, -0.25) is 4.79 Å². The molecule has 138 valence electrons. The number of amides is 1. The molecule has 0 saturated carbocycles. The lowest BCUT2D eigenvalue weighted by Crippen LogP contribution is -2.40. The Kier molecular flexibility index (Phi) is 6.58. The Labute approximate surface area is 160 Å². The summed E-state index contributed by atoms with van der Waals surface area (Å²) in [6, 6.07) is 16.5. The number of hydrogen-bond acceptors (Lipinski definition) is 4. The molecule has 2 aromatic rings. The third-order valence-electron chi connectivity index (χ3n) is 4.37. The molecule has 1 saturated heterocycles. The van der Waals surface area contributed by atoms with Gasteiger partial charge < -0.3 is 14.5 Å². The van der Waals surface area contributed by atoms with E-state index in [0.717, 1.165) is 48.0 Å². The van der Waals surface area contributed by atoms with E-state index in [1.807, 2.05) is 55.0 Å². The van der Waals surface area contributed by atoms with Crippen LogP contribution in [0.5, 0.6) is 5.75 Å². The fourth-order valence-corrected chi connectivity index (χ4v) is 3.94. The molecule has 0 spiro atoms. The highest BCUT2D eigenvalue weighted by atomic mass is 32.2. The molecule has 0 radical (unpaired) electrons. The third kappa shape index (κ3) is 5.02.